The van der Waals surface area contributed by atoms with E-state index in [1.807, 2.05) is 0 Å². The molecule has 0 aliphatic carbocycles. The summed E-state index contributed by atoms with van der Waals surface area (Å²) in [5.74, 6) is -1.16. The summed E-state index contributed by atoms with van der Waals surface area (Å²) in [5, 5.41) is 0. The van der Waals surface area contributed by atoms with Crippen LogP contribution in [0.15, 0.2) is 30.9 Å². The van der Waals surface area contributed by atoms with Gasteiger partial charge >= 0.3 is 6.36 Å². The van der Waals surface area contributed by atoms with Crippen LogP contribution in [0.5, 0.6) is 5.75 Å². The van der Waals surface area contributed by atoms with E-state index in [0.29, 0.717) is 0 Å². The molecule has 0 radical (unpaired) electrons. The summed E-state index contributed by atoms with van der Waals surface area (Å²) in [6.07, 6.45) is -3.09. The predicted octanol–water partition coefficient (Wildman–Crippen LogP) is 3.30. The van der Waals surface area contributed by atoms with E-state index in [4.69, 9.17) is 5.73 Å². The quantitative estimate of drug-likeness (QED) is 0.656. The third-order valence-corrected chi connectivity index (χ3v) is 2.02. The Labute approximate surface area is 95.7 Å². The van der Waals surface area contributed by atoms with Crippen molar-refractivity contribution in [1.29, 1.82) is 0 Å². The highest BCUT2D eigenvalue weighted by Gasteiger charge is 2.31. The van der Waals surface area contributed by atoms with Crippen LogP contribution >= 0.6 is 0 Å². The monoisotopic (exact) mass is 249 g/mol. The maximum Gasteiger partial charge on any atom is 0.573 e. The minimum atomic E-state index is -4.81. The van der Waals surface area contributed by atoms with Gasteiger partial charge in [0.1, 0.15) is 11.6 Å². The van der Waals surface area contributed by atoms with Gasteiger partial charge in [0.05, 0.1) is 0 Å². The summed E-state index contributed by atoms with van der Waals surface area (Å²) in [4.78, 5) is 0. The van der Waals surface area contributed by atoms with Crippen molar-refractivity contribution < 1.29 is 22.3 Å². The van der Waals surface area contributed by atoms with E-state index in [1.54, 1.807) is 0 Å². The highest BCUT2D eigenvalue weighted by atomic mass is 19.4. The fraction of sp³-hybridized carbons (Fsp3) is 0.273. The molecule has 1 atom stereocenters. The van der Waals surface area contributed by atoms with Gasteiger partial charge in [-0.1, -0.05) is 6.08 Å². The van der Waals surface area contributed by atoms with Crippen molar-refractivity contribution in [2.75, 3.05) is 0 Å². The molecule has 0 amide bonds. The Morgan fingerprint density at radius 1 is 1.41 bits per heavy atom. The lowest BCUT2D eigenvalue weighted by atomic mass is 10.0. The number of rotatable bonds is 4. The number of hydrogen-bond acceptors (Lipinski definition) is 2. The van der Waals surface area contributed by atoms with Crippen LogP contribution in [0.4, 0.5) is 17.6 Å². The molecule has 94 valence electrons. The fourth-order valence-corrected chi connectivity index (χ4v) is 1.31. The first-order chi connectivity index (χ1) is 7.83. The molecule has 6 heteroatoms. The summed E-state index contributed by atoms with van der Waals surface area (Å²) < 4.78 is 52.9. The van der Waals surface area contributed by atoms with Gasteiger partial charge in [-0.2, -0.15) is 0 Å². The molecule has 2 N–H and O–H groups in total. The fourth-order valence-electron chi connectivity index (χ4n) is 1.31. The van der Waals surface area contributed by atoms with Crippen LogP contribution in [-0.2, 0) is 0 Å². The van der Waals surface area contributed by atoms with Gasteiger partial charge in [0.15, 0.2) is 0 Å². The molecule has 0 heterocycles. The number of alkyl halides is 3. The number of benzene rings is 1. The maximum absolute atomic E-state index is 13.3. The second-order valence-electron chi connectivity index (χ2n) is 3.36. The van der Waals surface area contributed by atoms with Crippen LogP contribution in [0.3, 0.4) is 0 Å². The van der Waals surface area contributed by atoms with E-state index in [-0.39, 0.29) is 12.0 Å². The molecule has 0 aromatic heterocycles. The van der Waals surface area contributed by atoms with Crippen molar-refractivity contribution in [3.63, 3.8) is 0 Å². The lowest BCUT2D eigenvalue weighted by molar-refractivity contribution is -0.274. The van der Waals surface area contributed by atoms with Crippen LogP contribution in [0, 0.1) is 5.82 Å². The highest BCUT2D eigenvalue weighted by Crippen LogP contribution is 2.27. The SMILES string of the molecule is C=CC[C@H](N)c1cc(OC(F)(F)F)ccc1F. The van der Waals surface area contributed by atoms with Crippen molar-refractivity contribution in [2.45, 2.75) is 18.8 Å². The van der Waals surface area contributed by atoms with E-state index in [2.05, 4.69) is 11.3 Å². The number of nitrogens with two attached hydrogens (primary N) is 1. The maximum atomic E-state index is 13.3. The van der Waals surface area contributed by atoms with Gasteiger partial charge in [0, 0.05) is 11.6 Å². The zero-order valence-electron chi connectivity index (χ0n) is 8.80. The van der Waals surface area contributed by atoms with Crippen molar-refractivity contribution in [2.24, 2.45) is 5.73 Å². The summed E-state index contributed by atoms with van der Waals surface area (Å²) in [6.45, 7) is 3.42. The minimum Gasteiger partial charge on any atom is -0.406 e. The molecule has 0 aliphatic heterocycles. The average Bonchev–Trinajstić information content (AvgIpc) is 2.19. The molecule has 1 aromatic carbocycles. The Balaban J connectivity index is 2.97. The molecule has 0 unspecified atom stereocenters. The molecule has 0 fully saturated rings. The van der Waals surface area contributed by atoms with Gasteiger partial charge in [0.2, 0.25) is 0 Å². The van der Waals surface area contributed by atoms with Crippen LogP contribution in [-0.4, -0.2) is 6.36 Å². The molecule has 2 nitrogen and oxygen atoms in total. The zero-order valence-corrected chi connectivity index (χ0v) is 8.80. The predicted molar refractivity (Wildman–Crippen MR) is 54.8 cm³/mol. The number of halogens is 4. The van der Waals surface area contributed by atoms with Crippen LogP contribution in [0.2, 0.25) is 0 Å². The van der Waals surface area contributed by atoms with Gasteiger partial charge < -0.3 is 10.5 Å². The van der Waals surface area contributed by atoms with Gasteiger partial charge in [-0.25, -0.2) is 4.39 Å². The first-order valence-corrected chi connectivity index (χ1v) is 4.75. The molecule has 0 spiro atoms. The van der Waals surface area contributed by atoms with E-state index in [1.165, 1.54) is 6.08 Å². The third kappa shape index (κ3) is 4.07. The standard InChI is InChI=1S/C11H11F4NO/c1-2-3-10(16)8-6-7(4-5-9(8)12)17-11(13,14)15/h2,4-6,10H,1,3,16H2/t10-/m0/s1. The molecule has 1 aromatic rings. The van der Waals surface area contributed by atoms with E-state index in [9.17, 15) is 17.6 Å². The zero-order chi connectivity index (χ0) is 13.1. The Morgan fingerprint density at radius 2 is 2.06 bits per heavy atom. The molecule has 1 rings (SSSR count). The van der Waals surface area contributed by atoms with E-state index in [0.717, 1.165) is 18.2 Å². The van der Waals surface area contributed by atoms with Gasteiger partial charge in [0.25, 0.3) is 0 Å². The lowest BCUT2D eigenvalue weighted by Crippen LogP contribution is -2.18. The van der Waals surface area contributed by atoms with Gasteiger partial charge in [-0.15, -0.1) is 19.8 Å². The second-order valence-corrected chi connectivity index (χ2v) is 3.36. The van der Waals surface area contributed by atoms with E-state index >= 15 is 0 Å². The first kappa shape index (κ1) is 13.5. The smallest absolute Gasteiger partial charge is 0.406 e. The van der Waals surface area contributed by atoms with Gasteiger partial charge in [-0.3, -0.25) is 0 Å². The van der Waals surface area contributed by atoms with Crippen molar-refractivity contribution >= 4 is 0 Å². The van der Waals surface area contributed by atoms with Crippen molar-refractivity contribution in [3.8, 4) is 5.75 Å². The normalized spacial score (nSPS) is 13.2. The second kappa shape index (κ2) is 5.18. The first-order valence-electron chi connectivity index (χ1n) is 4.75. The Bertz CT molecular complexity index is 403. The molecular weight excluding hydrogens is 238 g/mol. The number of hydrogen-bond donors (Lipinski definition) is 1. The Hall–Kier alpha value is -1.56. The number of ether oxygens (including phenoxy) is 1. The largest absolute Gasteiger partial charge is 0.573 e. The highest BCUT2D eigenvalue weighted by molar-refractivity contribution is 5.32. The molecule has 0 bridgehead atoms. The van der Waals surface area contributed by atoms with Crippen molar-refractivity contribution in [3.05, 3.63) is 42.2 Å². The van der Waals surface area contributed by atoms with Crippen LogP contribution in [0.1, 0.15) is 18.0 Å². The third-order valence-electron chi connectivity index (χ3n) is 2.02. The Morgan fingerprint density at radius 3 is 2.59 bits per heavy atom. The topological polar surface area (TPSA) is 35.2 Å². The van der Waals surface area contributed by atoms with Gasteiger partial charge in [-0.05, 0) is 24.6 Å². The molecule has 0 aliphatic rings. The minimum absolute atomic E-state index is 0.0355. The molecular formula is C11H11F4NO. The Kier molecular flexibility index (Phi) is 4.11. The summed E-state index contributed by atoms with van der Waals surface area (Å²) >= 11 is 0. The average molecular weight is 249 g/mol. The van der Waals surface area contributed by atoms with Crippen LogP contribution in [0.25, 0.3) is 0 Å². The lowest BCUT2D eigenvalue weighted by Gasteiger charge is -2.14. The summed E-state index contributed by atoms with van der Waals surface area (Å²) in [7, 11) is 0. The summed E-state index contributed by atoms with van der Waals surface area (Å²) in [5.41, 5.74) is 5.56. The molecule has 0 saturated carbocycles. The molecule has 17 heavy (non-hydrogen) atoms. The van der Waals surface area contributed by atoms with Crippen LogP contribution < -0.4 is 10.5 Å². The molecule has 0 saturated heterocycles. The summed E-state index contributed by atoms with van der Waals surface area (Å²) in [6, 6.07) is 1.98. The van der Waals surface area contributed by atoms with E-state index < -0.39 is 24.0 Å². The van der Waals surface area contributed by atoms with Crippen molar-refractivity contribution in [1.82, 2.24) is 0 Å².